The van der Waals surface area contributed by atoms with Crippen LogP contribution in [0.25, 0.3) is 5.69 Å². The third-order valence-electron chi connectivity index (χ3n) is 5.15. The molecule has 28 heavy (non-hydrogen) atoms. The molecule has 6 heteroatoms. The largest absolute Gasteiger partial charge is 0.490 e. The fourth-order valence-electron chi connectivity index (χ4n) is 3.83. The summed E-state index contributed by atoms with van der Waals surface area (Å²) in [4.78, 5) is 13.0. The summed E-state index contributed by atoms with van der Waals surface area (Å²) in [5, 5.41) is 7.62. The number of fused-ring (bicyclic) bond motifs is 2. The van der Waals surface area contributed by atoms with Gasteiger partial charge in [0.15, 0.2) is 17.2 Å². The minimum Gasteiger partial charge on any atom is -0.490 e. The van der Waals surface area contributed by atoms with Gasteiger partial charge in [0.2, 0.25) is 0 Å². The highest BCUT2D eigenvalue weighted by atomic mass is 16.5. The van der Waals surface area contributed by atoms with Crippen LogP contribution in [0.15, 0.2) is 48.5 Å². The smallest absolute Gasteiger partial charge is 0.276 e. The summed E-state index contributed by atoms with van der Waals surface area (Å²) in [6.45, 7) is 1.25. The Morgan fingerprint density at radius 2 is 1.79 bits per heavy atom. The zero-order valence-electron chi connectivity index (χ0n) is 15.5. The minimum absolute atomic E-state index is 0.192. The highest BCUT2D eigenvalue weighted by molar-refractivity contribution is 6.04. The Labute approximate surface area is 163 Å². The fourth-order valence-corrected chi connectivity index (χ4v) is 3.83. The second-order valence-electron chi connectivity index (χ2n) is 7.04. The highest BCUT2D eigenvalue weighted by Gasteiger charge is 2.27. The molecule has 142 valence electrons. The number of carbonyl (C=O) groups is 1. The van der Waals surface area contributed by atoms with E-state index in [1.54, 1.807) is 0 Å². The van der Waals surface area contributed by atoms with Crippen LogP contribution in [0.4, 0.5) is 5.69 Å². The van der Waals surface area contributed by atoms with Crippen molar-refractivity contribution < 1.29 is 14.3 Å². The van der Waals surface area contributed by atoms with Gasteiger partial charge in [-0.3, -0.25) is 4.79 Å². The number of benzene rings is 2. The first kappa shape index (κ1) is 16.9. The van der Waals surface area contributed by atoms with Crippen LogP contribution in [0.1, 0.15) is 34.6 Å². The van der Waals surface area contributed by atoms with Crippen molar-refractivity contribution in [2.45, 2.75) is 25.7 Å². The number of carbonyl (C=O) groups excluding carboxylic acids is 1. The second kappa shape index (κ2) is 7.03. The third-order valence-corrected chi connectivity index (χ3v) is 5.15. The van der Waals surface area contributed by atoms with E-state index >= 15 is 0 Å². The van der Waals surface area contributed by atoms with E-state index in [1.807, 2.05) is 53.2 Å². The van der Waals surface area contributed by atoms with Crippen LogP contribution >= 0.6 is 0 Å². The Balaban J connectivity index is 1.44. The van der Waals surface area contributed by atoms with Crippen molar-refractivity contribution in [1.29, 1.82) is 0 Å². The number of para-hydroxylation sites is 1. The quantitative estimate of drug-likeness (QED) is 0.757. The first-order valence-electron chi connectivity index (χ1n) is 9.67. The van der Waals surface area contributed by atoms with E-state index < -0.39 is 0 Å². The number of amides is 1. The highest BCUT2D eigenvalue weighted by Crippen LogP contribution is 2.33. The summed E-state index contributed by atoms with van der Waals surface area (Å²) >= 11 is 0. The van der Waals surface area contributed by atoms with Gasteiger partial charge in [0.05, 0.1) is 18.9 Å². The molecule has 0 saturated carbocycles. The standard InChI is InChI=1S/C22H21N3O3/c26-22(23-15-10-11-19-20(14-15)28-13-5-12-27-19)21-17-8-4-9-18(17)25(24-21)16-6-2-1-3-7-16/h1-3,6-7,10-11,14H,4-5,8-9,12-13H2,(H,23,26). The Bertz CT molecular complexity index is 1030. The second-order valence-corrected chi connectivity index (χ2v) is 7.04. The van der Waals surface area contributed by atoms with Gasteiger partial charge in [-0.05, 0) is 43.5 Å². The van der Waals surface area contributed by atoms with E-state index in [1.165, 1.54) is 0 Å². The van der Waals surface area contributed by atoms with Crippen molar-refractivity contribution in [2.75, 3.05) is 18.5 Å². The van der Waals surface area contributed by atoms with E-state index in [0.29, 0.717) is 36.1 Å². The van der Waals surface area contributed by atoms with E-state index in [4.69, 9.17) is 9.47 Å². The van der Waals surface area contributed by atoms with Gasteiger partial charge in [0, 0.05) is 29.4 Å². The summed E-state index contributed by atoms with van der Waals surface area (Å²) < 4.78 is 13.3. The molecular formula is C22H21N3O3. The molecule has 2 aromatic carbocycles. The Morgan fingerprint density at radius 3 is 2.64 bits per heavy atom. The summed E-state index contributed by atoms with van der Waals surface area (Å²) in [7, 11) is 0. The molecule has 1 aromatic heterocycles. The molecule has 0 fully saturated rings. The van der Waals surface area contributed by atoms with E-state index in [0.717, 1.165) is 42.6 Å². The fraction of sp³-hybridized carbons (Fsp3) is 0.273. The molecule has 3 aromatic rings. The molecule has 0 unspecified atom stereocenters. The van der Waals surface area contributed by atoms with E-state index in [-0.39, 0.29) is 5.91 Å². The SMILES string of the molecule is O=C(Nc1ccc2c(c1)OCCCO2)c1nn(-c2ccccc2)c2c1CCC2. The first-order chi connectivity index (χ1) is 13.8. The number of anilines is 1. The van der Waals surface area contributed by atoms with Gasteiger partial charge in [0.1, 0.15) is 0 Å². The Morgan fingerprint density at radius 1 is 0.964 bits per heavy atom. The molecule has 0 bridgehead atoms. The van der Waals surface area contributed by atoms with Crippen LogP contribution < -0.4 is 14.8 Å². The number of ether oxygens (including phenoxy) is 2. The number of rotatable bonds is 3. The van der Waals surface area contributed by atoms with Crippen molar-refractivity contribution in [3.8, 4) is 17.2 Å². The maximum atomic E-state index is 13.0. The molecule has 0 saturated heterocycles. The zero-order chi connectivity index (χ0) is 18.9. The zero-order valence-corrected chi connectivity index (χ0v) is 15.5. The summed E-state index contributed by atoms with van der Waals surface area (Å²) in [6, 6.07) is 15.4. The molecule has 0 atom stereocenters. The van der Waals surface area contributed by atoms with Crippen molar-refractivity contribution in [3.05, 3.63) is 65.5 Å². The van der Waals surface area contributed by atoms with Crippen LogP contribution in [0.5, 0.6) is 11.5 Å². The van der Waals surface area contributed by atoms with Crippen LogP contribution in [-0.4, -0.2) is 28.9 Å². The average Bonchev–Trinajstić information content (AvgIpc) is 3.25. The molecule has 2 heterocycles. The molecule has 1 aliphatic carbocycles. The van der Waals surface area contributed by atoms with Crippen LogP contribution in [0.2, 0.25) is 0 Å². The number of hydrogen-bond donors (Lipinski definition) is 1. The van der Waals surface area contributed by atoms with E-state index in [2.05, 4.69) is 10.4 Å². The number of nitrogens with one attached hydrogen (secondary N) is 1. The van der Waals surface area contributed by atoms with Crippen LogP contribution in [-0.2, 0) is 12.8 Å². The Kier molecular flexibility index (Phi) is 4.24. The summed E-state index contributed by atoms with van der Waals surface area (Å²) in [6.07, 6.45) is 3.71. The summed E-state index contributed by atoms with van der Waals surface area (Å²) in [5.74, 6) is 1.18. The lowest BCUT2D eigenvalue weighted by Crippen LogP contribution is -2.15. The van der Waals surface area contributed by atoms with Gasteiger partial charge in [0.25, 0.3) is 5.91 Å². The van der Waals surface area contributed by atoms with Crippen molar-refractivity contribution in [2.24, 2.45) is 0 Å². The van der Waals surface area contributed by atoms with Gasteiger partial charge >= 0.3 is 0 Å². The van der Waals surface area contributed by atoms with Gasteiger partial charge < -0.3 is 14.8 Å². The van der Waals surface area contributed by atoms with Gasteiger partial charge in [-0.1, -0.05) is 18.2 Å². The minimum atomic E-state index is -0.192. The maximum Gasteiger partial charge on any atom is 0.276 e. The molecule has 2 aliphatic rings. The van der Waals surface area contributed by atoms with Gasteiger partial charge in [-0.2, -0.15) is 5.10 Å². The lowest BCUT2D eigenvalue weighted by atomic mass is 10.2. The predicted octanol–water partition coefficient (Wildman–Crippen LogP) is 3.77. The first-order valence-corrected chi connectivity index (χ1v) is 9.67. The third kappa shape index (κ3) is 3.01. The molecule has 6 nitrogen and oxygen atoms in total. The van der Waals surface area contributed by atoms with Crippen LogP contribution in [0.3, 0.4) is 0 Å². The van der Waals surface area contributed by atoms with Gasteiger partial charge in [-0.15, -0.1) is 0 Å². The van der Waals surface area contributed by atoms with Crippen molar-refractivity contribution in [3.63, 3.8) is 0 Å². The molecule has 1 aliphatic heterocycles. The number of hydrogen-bond acceptors (Lipinski definition) is 4. The summed E-state index contributed by atoms with van der Waals surface area (Å²) in [5.41, 5.74) is 4.35. The average molecular weight is 375 g/mol. The molecule has 1 amide bonds. The van der Waals surface area contributed by atoms with E-state index in [9.17, 15) is 4.79 Å². The molecule has 5 rings (SSSR count). The molecule has 0 spiro atoms. The number of nitrogens with zero attached hydrogens (tertiary/aromatic N) is 2. The van der Waals surface area contributed by atoms with Gasteiger partial charge in [-0.25, -0.2) is 4.68 Å². The van der Waals surface area contributed by atoms with Crippen molar-refractivity contribution in [1.82, 2.24) is 9.78 Å². The van der Waals surface area contributed by atoms with Crippen LogP contribution in [0, 0.1) is 0 Å². The molecule has 1 N–H and O–H groups in total. The lowest BCUT2D eigenvalue weighted by Gasteiger charge is -2.10. The lowest BCUT2D eigenvalue weighted by molar-refractivity contribution is 0.102. The maximum absolute atomic E-state index is 13.0. The molecule has 0 radical (unpaired) electrons. The Hall–Kier alpha value is -3.28. The van der Waals surface area contributed by atoms with Crippen molar-refractivity contribution >= 4 is 11.6 Å². The topological polar surface area (TPSA) is 65.4 Å². The normalized spacial score (nSPS) is 15.0. The monoisotopic (exact) mass is 375 g/mol. The molecular weight excluding hydrogens is 354 g/mol. The predicted molar refractivity (Wildman–Crippen MR) is 106 cm³/mol. The number of aromatic nitrogens is 2.